The molecule has 0 saturated heterocycles. The summed E-state index contributed by atoms with van der Waals surface area (Å²) in [6.07, 6.45) is 1.60. The SMILES string of the molecule is C/C(=C\c1cccc2ccccc12)[N+](=O)[O-]. The molecule has 16 heavy (non-hydrogen) atoms. The van der Waals surface area contributed by atoms with Crippen LogP contribution in [-0.4, -0.2) is 4.92 Å². The number of nitrogens with zero attached hydrogens (tertiary/aromatic N) is 1. The van der Waals surface area contributed by atoms with E-state index in [0.29, 0.717) is 0 Å². The average molecular weight is 213 g/mol. The normalized spacial score (nSPS) is 11.7. The fraction of sp³-hybridized carbons (Fsp3) is 0.0769. The van der Waals surface area contributed by atoms with Gasteiger partial charge in [0, 0.05) is 13.0 Å². The van der Waals surface area contributed by atoms with Crippen LogP contribution in [0.15, 0.2) is 48.2 Å². The van der Waals surface area contributed by atoms with Crippen LogP contribution >= 0.6 is 0 Å². The van der Waals surface area contributed by atoms with Crippen molar-refractivity contribution in [2.45, 2.75) is 6.92 Å². The van der Waals surface area contributed by atoms with Crippen LogP contribution in [0.2, 0.25) is 0 Å². The molecule has 2 aromatic rings. The van der Waals surface area contributed by atoms with Crippen molar-refractivity contribution in [3.05, 3.63) is 63.8 Å². The lowest BCUT2D eigenvalue weighted by molar-refractivity contribution is -0.422. The van der Waals surface area contributed by atoms with E-state index in [0.717, 1.165) is 16.3 Å². The van der Waals surface area contributed by atoms with E-state index < -0.39 is 0 Å². The van der Waals surface area contributed by atoms with Gasteiger partial charge in [-0.2, -0.15) is 0 Å². The van der Waals surface area contributed by atoms with E-state index in [1.165, 1.54) is 6.92 Å². The Balaban J connectivity index is 2.61. The molecule has 0 radical (unpaired) electrons. The molecule has 0 aliphatic carbocycles. The first-order chi connectivity index (χ1) is 7.68. The molecule has 3 nitrogen and oxygen atoms in total. The minimum atomic E-state index is -0.373. The number of hydrogen-bond donors (Lipinski definition) is 0. The second-order valence-corrected chi connectivity index (χ2v) is 3.61. The topological polar surface area (TPSA) is 43.1 Å². The fourth-order valence-corrected chi connectivity index (χ4v) is 1.65. The van der Waals surface area contributed by atoms with E-state index >= 15 is 0 Å². The third-order valence-electron chi connectivity index (χ3n) is 2.48. The standard InChI is InChI=1S/C13H11NO2/c1-10(14(15)16)9-12-7-4-6-11-5-2-3-8-13(11)12/h2-9H,1H3/b10-9+. The van der Waals surface area contributed by atoms with Crippen LogP contribution in [0, 0.1) is 10.1 Å². The summed E-state index contributed by atoms with van der Waals surface area (Å²) in [5, 5.41) is 12.7. The average Bonchev–Trinajstić information content (AvgIpc) is 2.29. The van der Waals surface area contributed by atoms with Crippen molar-refractivity contribution < 1.29 is 4.92 Å². The number of nitro groups is 1. The maximum absolute atomic E-state index is 10.6. The molecule has 0 aliphatic rings. The van der Waals surface area contributed by atoms with Gasteiger partial charge >= 0.3 is 0 Å². The highest BCUT2D eigenvalue weighted by Gasteiger charge is 2.04. The van der Waals surface area contributed by atoms with Gasteiger partial charge in [0.2, 0.25) is 5.70 Å². The van der Waals surface area contributed by atoms with Gasteiger partial charge in [-0.3, -0.25) is 10.1 Å². The van der Waals surface area contributed by atoms with Crippen LogP contribution in [0.1, 0.15) is 12.5 Å². The van der Waals surface area contributed by atoms with Crippen LogP contribution in [-0.2, 0) is 0 Å². The third-order valence-corrected chi connectivity index (χ3v) is 2.48. The molecule has 0 fully saturated rings. The van der Waals surface area contributed by atoms with Crippen molar-refractivity contribution in [2.75, 3.05) is 0 Å². The van der Waals surface area contributed by atoms with Gasteiger partial charge in [-0.25, -0.2) is 0 Å². The van der Waals surface area contributed by atoms with Gasteiger partial charge in [-0.05, 0) is 16.3 Å². The molecular formula is C13H11NO2. The van der Waals surface area contributed by atoms with Crippen molar-refractivity contribution >= 4 is 16.8 Å². The summed E-state index contributed by atoms with van der Waals surface area (Å²) < 4.78 is 0. The van der Waals surface area contributed by atoms with Crippen LogP contribution < -0.4 is 0 Å². The molecule has 0 heterocycles. The van der Waals surface area contributed by atoms with E-state index in [1.54, 1.807) is 6.08 Å². The molecule has 0 amide bonds. The highest BCUT2D eigenvalue weighted by Crippen LogP contribution is 2.20. The molecule has 0 spiro atoms. The molecular weight excluding hydrogens is 202 g/mol. The Kier molecular flexibility index (Phi) is 2.68. The van der Waals surface area contributed by atoms with Gasteiger partial charge in [-0.1, -0.05) is 42.5 Å². The minimum Gasteiger partial charge on any atom is -0.259 e. The van der Waals surface area contributed by atoms with Crippen molar-refractivity contribution in [3.63, 3.8) is 0 Å². The summed E-state index contributed by atoms with van der Waals surface area (Å²) in [5.74, 6) is 0. The van der Waals surface area contributed by atoms with Crippen molar-refractivity contribution in [2.24, 2.45) is 0 Å². The summed E-state index contributed by atoms with van der Waals surface area (Å²) >= 11 is 0. The quantitative estimate of drug-likeness (QED) is 0.566. The van der Waals surface area contributed by atoms with Crippen molar-refractivity contribution in [1.29, 1.82) is 0 Å². The fourth-order valence-electron chi connectivity index (χ4n) is 1.65. The lowest BCUT2D eigenvalue weighted by Gasteiger charge is -2.01. The Morgan fingerprint density at radius 1 is 1.19 bits per heavy atom. The summed E-state index contributed by atoms with van der Waals surface area (Å²) in [7, 11) is 0. The molecule has 2 rings (SSSR count). The number of allylic oxidation sites excluding steroid dienone is 1. The van der Waals surface area contributed by atoms with Gasteiger partial charge in [0.1, 0.15) is 0 Å². The van der Waals surface area contributed by atoms with Crippen LogP contribution in [0.5, 0.6) is 0 Å². The highest BCUT2D eigenvalue weighted by atomic mass is 16.6. The predicted octanol–water partition coefficient (Wildman–Crippen LogP) is 3.48. The molecule has 0 atom stereocenters. The monoisotopic (exact) mass is 213 g/mol. The van der Waals surface area contributed by atoms with E-state index in [9.17, 15) is 10.1 Å². The van der Waals surface area contributed by atoms with Crippen molar-refractivity contribution in [3.8, 4) is 0 Å². The summed E-state index contributed by atoms with van der Waals surface area (Å²) in [4.78, 5) is 10.2. The lowest BCUT2D eigenvalue weighted by Crippen LogP contribution is -1.93. The zero-order chi connectivity index (χ0) is 11.5. The molecule has 0 saturated carbocycles. The zero-order valence-corrected chi connectivity index (χ0v) is 8.88. The summed E-state index contributed by atoms with van der Waals surface area (Å²) in [5.41, 5.74) is 1.03. The first-order valence-electron chi connectivity index (χ1n) is 4.99. The Morgan fingerprint density at radius 3 is 2.62 bits per heavy atom. The highest BCUT2D eigenvalue weighted by molar-refractivity contribution is 5.90. The second-order valence-electron chi connectivity index (χ2n) is 3.61. The van der Waals surface area contributed by atoms with E-state index in [1.807, 2.05) is 42.5 Å². The molecule has 0 aromatic heterocycles. The van der Waals surface area contributed by atoms with Crippen LogP contribution in [0.4, 0.5) is 0 Å². The van der Waals surface area contributed by atoms with Crippen LogP contribution in [0.25, 0.3) is 16.8 Å². The molecule has 0 aliphatic heterocycles. The lowest BCUT2D eigenvalue weighted by atomic mass is 10.0. The van der Waals surface area contributed by atoms with Gasteiger partial charge < -0.3 is 0 Å². The van der Waals surface area contributed by atoms with Gasteiger partial charge in [0.15, 0.2) is 0 Å². The largest absolute Gasteiger partial charge is 0.259 e. The minimum absolute atomic E-state index is 0.149. The number of hydrogen-bond acceptors (Lipinski definition) is 2. The number of rotatable bonds is 2. The Hall–Kier alpha value is -2.16. The number of fused-ring (bicyclic) bond motifs is 1. The maximum atomic E-state index is 10.6. The third kappa shape index (κ3) is 1.93. The zero-order valence-electron chi connectivity index (χ0n) is 8.88. The Morgan fingerprint density at radius 2 is 1.88 bits per heavy atom. The molecule has 0 bridgehead atoms. The van der Waals surface area contributed by atoms with E-state index in [4.69, 9.17) is 0 Å². The van der Waals surface area contributed by atoms with Gasteiger partial charge in [0.25, 0.3) is 0 Å². The Bertz CT molecular complexity index is 568. The molecule has 3 heteroatoms. The first-order valence-corrected chi connectivity index (χ1v) is 4.99. The first kappa shape index (κ1) is 10.4. The van der Waals surface area contributed by atoms with E-state index in [2.05, 4.69) is 0 Å². The van der Waals surface area contributed by atoms with Crippen molar-refractivity contribution in [1.82, 2.24) is 0 Å². The Labute approximate surface area is 93.2 Å². The summed E-state index contributed by atoms with van der Waals surface area (Å²) in [6.45, 7) is 1.50. The van der Waals surface area contributed by atoms with E-state index in [-0.39, 0.29) is 10.6 Å². The van der Waals surface area contributed by atoms with Gasteiger partial charge in [-0.15, -0.1) is 0 Å². The summed E-state index contributed by atoms with van der Waals surface area (Å²) in [6, 6.07) is 13.6. The number of benzene rings is 2. The molecule has 0 unspecified atom stereocenters. The van der Waals surface area contributed by atoms with Crippen LogP contribution in [0.3, 0.4) is 0 Å². The van der Waals surface area contributed by atoms with Gasteiger partial charge in [0.05, 0.1) is 4.92 Å². The smallest absolute Gasteiger partial charge is 0.243 e. The molecule has 2 aromatic carbocycles. The predicted molar refractivity (Wildman–Crippen MR) is 64.6 cm³/mol. The molecule has 0 N–H and O–H groups in total. The molecule has 80 valence electrons. The maximum Gasteiger partial charge on any atom is 0.243 e. The second kappa shape index (κ2) is 4.14.